The predicted molar refractivity (Wildman–Crippen MR) is 78.6 cm³/mol. The monoisotopic (exact) mass is 259 g/mol. The molecule has 1 unspecified atom stereocenters. The average molecular weight is 259 g/mol. The minimum absolute atomic E-state index is 0.565. The Kier molecular flexibility index (Phi) is 4.07. The third-order valence-corrected chi connectivity index (χ3v) is 4.79. The van der Waals surface area contributed by atoms with E-state index in [0.29, 0.717) is 6.04 Å². The maximum absolute atomic E-state index is 5.34. The van der Waals surface area contributed by atoms with Crippen LogP contribution in [0, 0.1) is 5.92 Å². The molecule has 2 aliphatic rings. The van der Waals surface area contributed by atoms with Gasteiger partial charge < -0.3 is 10.1 Å². The minimum atomic E-state index is 0.565. The van der Waals surface area contributed by atoms with Gasteiger partial charge in [0.1, 0.15) is 5.75 Å². The standard InChI is InChI=1S/C17H25NO/c1-19-15-9-10-16-14(11-15)7-4-8-17(16)18-12-13-5-2-3-6-13/h9-11,13,17-18H,2-8,12H2,1H3. The van der Waals surface area contributed by atoms with Crippen LogP contribution in [-0.2, 0) is 6.42 Å². The van der Waals surface area contributed by atoms with Crippen molar-refractivity contribution in [2.75, 3.05) is 13.7 Å². The zero-order valence-corrected chi connectivity index (χ0v) is 12.0. The molecule has 2 heteroatoms. The maximum atomic E-state index is 5.34. The third-order valence-electron chi connectivity index (χ3n) is 4.79. The van der Waals surface area contributed by atoms with E-state index in [-0.39, 0.29) is 0 Å². The number of fused-ring (bicyclic) bond motifs is 1. The fourth-order valence-electron chi connectivity index (χ4n) is 3.65. The summed E-state index contributed by atoms with van der Waals surface area (Å²) in [4.78, 5) is 0. The summed E-state index contributed by atoms with van der Waals surface area (Å²) >= 11 is 0. The van der Waals surface area contributed by atoms with Crippen molar-refractivity contribution in [1.82, 2.24) is 5.32 Å². The lowest BCUT2D eigenvalue weighted by Gasteiger charge is -2.28. The third kappa shape index (κ3) is 2.94. The number of benzene rings is 1. The SMILES string of the molecule is COc1ccc2c(c1)CCCC2NCC1CCCC1. The van der Waals surface area contributed by atoms with Crippen molar-refractivity contribution in [2.24, 2.45) is 5.92 Å². The van der Waals surface area contributed by atoms with E-state index < -0.39 is 0 Å². The molecule has 1 N–H and O–H groups in total. The van der Waals surface area contributed by atoms with E-state index in [1.54, 1.807) is 7.11 Å². The van der Waals surface area contributed by atoms with Crippen LogP contribution in [-0.4, -0.2) is 13.7 Å². The molecule has 2 aliphatic carbocycles. The van der Waals surface area contributed by atoms with Crippen molar-refractivity contribution >= 4 is 0 Å². The van der Waals surface area contributed by atoms with Crippen LogP contribution in [0.4, 0.5) is 0 Å². The molecule has 3 rings (SSSR count). The van der Waals surface area contributed by atoms with E-state index >= 15 is 0 Å². The number of methoxy groups -OCH3 is 1. The Hall–Kier alpha value is -1.02. The Morgan fingerprint density at radius 2 is 2.00 bits per heavy atom. The number of ether oxygens (including phenoxy) is 1. The highest BCUT2D eigenvalue weighted by molar-refractivity contribution is 5.39. The van der Waals surface area contributed by atoms with E-state index in [1.807, 2.05) is 0 Å². The van der Waals surface area contributed by atoms with Crippen LogP contribution in [0.5, 0.6) is 5.75 Å². The number of hydrogen-bond acceptors (Lipinski definition) is 2. The van der Waals surface area contributed by atoms with Gasteiger partial charge in [0.05, 0.1) is 7.11 Å². The van der Waals surface area contributed by atoms with Gasteiger partial charge in [-0.3, -0.25) is 0 Å². The summed E-state index contributed by atoms with van der Waals surface area (Å²) in [6.07, 6.45) is 9.50. The topological polar surface area (TPSA) is 21.3 Å². The molecule has 1 aromatic rings. The smallest absolute Gasteiger partial charge is 0.119 e. The fraction of sp³-hybridized carbons (Fsp3) is 0.647. The zero-order valence-electron chi connectivity index (χ0n) is 12.0. The number of rotatable bonds is 4. The number of aryl methyl sites for hydroxylation is 1. The summed E-state index contributed by atoms with van der Waals surface area (Å²) in [6, 6.07) is 7.16. The quantitative estimate of drug-likeness (QED) is 0.886. The van der Waals surface area contributed by atoms with E-state index in [0.717, 1.165) is 11.7 Å². The Balaban J connectivity index is 1.67. The van der Waals surface area contributed by atoms with E-state index in [9.17, 15) is 0 Å². The molecule has 19 heavy (non-hydrogen) atoms. The minimum Gasteiger partial charge on any atom is -0.497 e. The lowest BCUT2D eigenvalue weighted by atomic mass is 9.87. The van der Waals surface area contributed by atoms with Crippen LogP contribution in [0.2, 0.25) is 0 Å². The molecule has 0 bridgehead atoms. The second kappa shape index (κ2) is 5.96. The molecule has 1 aromatic carbocycles. The van der Waals surface area contributed by atoms with Crippen LogP contribution >= 0.6 is 0 Å². The molecule has 0 amide bonds. The molecule has 0 spiro atoms. The van der Waals surface area contributed by atoms with E-state index in [2.05, 4.69) is 23.5 Å². The van der Waals surface area contributed by atoms with Gasteiger partial charge in [-0.15, -0.1) is 0 Å². The van der Waals surface area contributed by atoms with E-state index in [1.165, 1.54) is 62.6 Å². The first-order valence-corrected chi connectivity index (χ1v) is 7.77. The molecule has 1 saturated carbocycles. The summed E-state index contributed by atoms with van der Waals surface area (Å²) in [5, 5.41) is 3.82. The zero-order chi connectivity index (χ0) is 13.1. The molecule has 0 aliphatic heterocycles. The van der Waals surface area contributed by atoms with Crippen LogP contribution in [0.3, 0.4) is 0 Å². The lowest BCUT2D eigenvalue weighted by molar-refractivity contribution is 0.397. The molecule has 0 radical (unpaired) electrons. The molecule has 1 atom stereocenters. The first kappa shape index (κ1) is 13.0. The van der Waals surface area contributed by atoms with Crippen LogP contribution < -0.4 is 10.1 Å². The van der Waals surface area contributed by atoms with Gasteiger partial charge in [0.2, 0.25) is 0 Å². The second-order valence-corrected chi connectivity index (χ2v) is 6.07. The van der Waals surface area contributed by atoms with Gasteiger partial charge in [-0.25, -0.2) is 0 Å². The predicted octanol–water partition coefficient (Wildman–Crippen LogP) is 3.85. The average Bonchev–Trinajstić information content (AvgIpc) is 2.97. The largest absolute Gasteiger partial charge is 0.497 e. The van der Waals surface area contributed by atoms with Crippen LogP contribution in [0.25, 0.3) is 0 Å². The van der Waals surface area contributed by atoms with Gasteiger partial charge in [-0.1, -0.05) is 18.9 Å². The first-order chi connectivity index (χ1) is 9.36. The van der Waals surface area contributed by atoms with E-state index in [4.69, 9.17) is 4.74 Å². The Labute approximate surface area is 116 Å². The van der Waals surface area contributed by atoms with Crippen molar-refractivity contribution in [3.05, 3.63) is 29.3 Å². The van der Waals surface area contributed by atoms with Crippen molar-refractivity contribution in [3.8, 4) is 5.75 Å². The Bertz CT molecular complexity index is 423. The van der Waals surface area contributed by atoms with Crippen molar-refractivity contribution < 1.29 is 4.74 Å². The highest BCUT2D eigenvalue weighted by atomic mass is 16.5. The van der Waals surface area contributed by atoms with Gasteiger partial charge in [-0.2, -0.15) is 0 Å². The highest BCUT2D eigenvalue weighted by Gasteiger charge is 2.22. The van der Waals surface area contributed by atoms with Gasteiger partial charge in [0, 0.05) is 6.04 Å². The van der Waals surface area contributed by atoms with Gasteiger partial charge in [0.15, 0.2) is 0 Å². The lowest BCUT2D eigenvalue weighted by Crippen LogP contribution is -2.29. The summed E-state index contributed by atoms with van der Waals surface area (Å²) in [5.74, 6) is 1.92. The summed E-state index contributed by atoms with van der Waals surface area (Å²) in [5.41, 5.74) is 2.99. The number of hydrogen-bond donors (Lipinski definition) is 1. The molecule has 0 saturated heterocycles. The van der Waals surface area contributed by atoms with Crippen molar-refractivity contribution in [1.29, 1.82) is 0 Å². The molecular weight excluding hydrogens is 234 g/mol. The van der Waals surface area contributed by atoms with Crippen LogP contribution in [0.1, 0.15) is 55.7 Å². The molecule has 0 heterocycles. The summed E-state index contributed by atoms with van der Waals surface area (Å²) in [6.45, 7) is 1.20. The van der Waals surface area contributed by atoms with Crippen molar-refractivity contribution in [2.45, 2.75) is 51.0 Å². The molecule has 104 valence electrons. The Morgan fingerprint density at radius 3 is 2.79 bits per heavy atom. The summed E-state index contributed by atoms with van der Waals surface area (Å²) < 4.78 is 5.34. The van der Waals surface area contributed by atoms with Gasteiger partial charge >= 0.3 is 0 Å². The van der Waals surface area contributed by atoms with Gasteiger partial charge in [-0.05, 0) is 67.8 Å². The van der Waals surface area contributed by atoms with Crippen LogP contribution in [0.15, 0.2) is 18.2 Å². The second-order valence-electron chi connectivity index (χ2n) is 6.07. The fourth-order valence-corrected chi connectivity index (χ4v) is 3.65. The maximum Gasteiger partial charge on any atom is 0.119 e. The highest BCUT2D eigenvalue weighted by Crippen LogP contribution is 2.33. The Morgan fingerprint density at radius 1 is 1.16 bits per heavy atom. The number of nitrogens with one attached hydrogen (secondary N) is 1. The normalized spacial score (nSPS) is 23.3. The van der Waals surface area contributed by atoms with Crippen molar-refractivity contribution in [3.63, 3.8) is 0 Å². The molecular formula is C17H25NO. The summed E-state index contributed by atoms with van der Waals surface area (Å²) in [7, 11) is 1.75. The molecule has 2 nitrogen and oxygen atoms in total. The van der Waals surface area contributed by atoms with Gasteiger partial charge in [0.25, 0.3) is 0 Å². The molecule has 0 aromatic heterocycles. The first-order valence-electron chi connectivity index (χ1n) is 7.77. The molecule has 1 fully saturated rings.